The summed E-state index contributed by atoms with van der Waals surface area (Å²) in [4.78, 5) is 4.69. The normalized spacial score (nSPS) is 11.2. The zero-order chi connectivity index (χ0) is 20.6. The van der Waals surface area contributed by atoms with Crippen LogP contribution >= 0.6 is 0 Å². The molecule has 0 aliphatic heterocycles. The van der Waals surface area contributed by atoms with Gasteiger partial charge in [-0.2, -0.15) is 0 Å². The summed E-state index contributed by atoms with van der Waals surface area (Å²) >= 11 is 0. The van der Waals surface area contributed by atoms with Gasteiger partial charge in [0.2, 0.25) is 0 Å². The van der Waals surface area contributed by atoms with Crippen LogP contribution in [0.5, 0.6) is 0 Å². The Morgan fingerprint density at radius 2 is 1.66 bits per heavy atom. The molecule has 3 aromatic rings. The number of benzene rings is 2. The maximum atomic E-state index is 4.69. The Morgan fingerprint density at radius 3 is 2.34 bits per heavy atom. The van der Waals surface area contributed by atoms with Gasteiger partial charge in [-0.3, -0.25) is 4.98 Å². The molecule has 0 saturated heterocycles. The molecule has 0 bridgehead atoms. The first kappa shape index (κ1) is 21.3. The van der Waals surface area contributed by atoms with E-state index in [1.165, 1.54) is 59.1 Å². The van der Waals surface area contributed by atoms with Crippen LogP contribution in [0, 0.1) is 6.92 Å². The third-order valence-corrected chi connectivity index (χ3v) is 6.10. The summed E-state index contributed by atoms with van der Waals surface area (Å²) in [5.41, 5.74) is 9.23. The van der Waals surface area contributed by atoms with E-state index in [1.54, 1.807) is 0 Å². The smallest absolute Gasteiger partial charge is 0.0705 e. The number of hydrogen-bond donors (Lipinski definition) is 0. The van der Waals surface area contributed by atoms with Crippen molar-refractivity contribution in [2.24, 2.45) is 0 Å². The molecule has 0 amide bonds. The molecule has 1 aromatic heterocycles. The highest BCUT2D eigenvalue weighted by Crippen LogP contribution is 2.36. The van der Waals surface area contributed by atoms with Crippen molar-refractivity contribution in [1.82, 2.24) is 4.98 Å². The number of nitrogens with zero attached hydrogens (tertiary/aromatic N) is 1. The fourth-order valence-corrected chi connectivity index (χ4v) is 4.27. The van der Waals surface area contributed by atoms with E-state index in [2.05, 4.69) is 81.2 Å². The molecular formula is C28H35N. The Hall–Kier alpha value is -2.41. The largest absolute Gasteiger partial charge is 0.256 e. The van der Waals surface area contributed by atoms with Crippen LogP contribution in [0.25, 0.3) is 22.4 Å². The van der Waals surface area contributed by atoms with Crippen molar-refractivity contribution in [3.05, 3.63) is 77.5 Å². The van der Waals surface area contributed by atoms with Crippen LogP contribution in [0.15, 0.2) is 60.8 Å². The van der Waals surface area contributed by atoms with Crippen LogP contribution in [0.4, 0.5) is 0 Å². The van der Waals surface area contributed by atoms with E-state index in [-0.39, 0.29) is 0 Å². The van der Waals surface area contributed by atoms with Gasteiger partial charge in [-0.1, -0.05) is 70.0 Å². The first-order valence-corrected chi connectivity index (χ1v) is 11.3. The summed E-state index contributed by atoms with van der Waals surface area (Å²) in [7, 11) is 0. The molecule has 0 saturated carbocycles. The molecule has 0 fully saturated rings. The molecule has 0 N–H and O–H groups in total. The lowest BCUT2D eigenvalue weighted by Crippen LogP contribution is -2.00. The third-order valence-electron chi connectivity index (χ3n) is 6.10. The lowest BCUT2D eigenvalue weighted by Gasteiger charge is -2.19. The standard InChI is InChI=1S/C28H35N/c1-5-8-9-12-22-15-14-21(4)26(19-22)24-16-17-25(23(6-2)7-3)27(20-24)28-13-10-11-18-29-28/h10-11,13-20,23H,5-9,12H2,1-4H3. The summed E-state index contributed by atoms with van der Waals surface area (Å²) < 4.78 is 0. The number of aromatic nitrogens is 1. The first-order valence-electron chi connectivity index (χ1n) is 11.3. The number of aryl methyl sites for hydroxylation is 2. The second-order valence-corrected chi connectivity index (χ2v) is 8.14. The average Bonchev–Trinajstić information content (AvgIpc) is 2.77. The lowest BCUT2D eigenvalue weighted by molar-refractivity contribution is 0.643. The lowest BCUT2D eigenvalue weighted by atomic mass is 9.86. The summed E-state index contributed by atoms with van der Waals surface area (Å²) in [6, 6.07) is 20.2. The van der Waals surface area contributed by atoms with E-state index in [9.17, 15) is 0 Å². The van der Waals surface area contributed by atoms with Crippen molar-refractivity contribution in [2.75, 3.05) is 0 Å². The molecule has 2 aromatic carbocycles. The number of unbranched alkanes of at least 4 members (excludes halogenated alkanes) is 2. The minimum Gasteiger partial charge on any atom is -0.256 e. The Morgan fingerprint density at radius 1 is 0.828 bits per heavy atom. The predicted molar refractivity (Wildman–Crippen MR) is 126 cm³/mol. The van der Waals surface area contributed by atoms with E-state index in [1.807, 2.05) is 12.3 Å². The summed E-state index contributed by atoms with van der Waals surface area (Å²) in [5, 5.41) is 0. The molecule has 29 heavy (non-hydrogen) atoms. The van der Waals surface area contributed by atoms with Crippen molar-refractivity contribution in [2.45, 2.75) is 72.1 Å². The summed E-state index contributed by atoms with van der Waals surface area (Å²) in [5.74, 6) is 0.572. The van der Waals surface area contributed by atoms with Gasteiger partial charge in [0.1, 0.15) is 0 Å². The molecule has 152 valence electrons. The molecule has 0 aliphatic rings. The molecular weight excluding hydrogens is 350 g/mol. The van der Waals surface area contributed by atoms with Crippen molar-refractivity contribution in [3.8, 4) is 22.4 Å². The summed E-state index contributed by atoms with van der Waals surface area (Å²) in [6.07, 6.45) is 9.22. The van der Waals surface area contributed by atoms with Gasteiger partial charge in [-0.05, 0) is 84.5 Å². The molecule has 3 rings (SSSR count). The molecule has 0 unspecified atom stereocenters. The van der Waals surface area contributed by atoms with Crippen LogP contribution in [0.2, 0.25) is 0 Å². The van der Waals surface area contributed by atoms with E-state index in [0.717, 1.165) is 18.5 Å². The van der Waals surface area contributed by atoms with Crippen LogP contribution in [-0.2, 0) is 6.42 Å². The minimum absolute atomic E-state index is 0.572. The zero-order valence-corrected chi connectivity index (χ0v) is 18.5. The van der Waals surface area contributed by atoms with Gasteiger partial charge < -0.3 is 0 Å². The Bertz CT molecular complexity index is 907. The quantitative estimate of drug-likeness (QED) is 0.337. The predicted octanol–water partition coefficient (Wildman–Crippen LogP) is 8.36. The van der Waals surface area contributed by atoms with Gasteiger partial charge in [-0.15, -0.1) is 0 Å². The number of rotatable bonds is 9. The van der Waals surface area contributed by atoms with E-state index in [0.29, 0.717) is 5.92 Å². The van der Waals surface area contributed by atoms with Gasteiger partial charge in [-0.25, -0.2) is 0 Å². The van der Waals surface area contributed by atoms with Crippen LogP contribution in [-0.4, -0.2) is 4.98 Å². The Balaban J connectivity index is 2.06. The minimum atomic E-state index is 0.572. The van der Waals surface area contributed by atoms with Crippen LogP contribution in [0.3, 0.4) is 0 Å². The highest BCUT2D eigenvalue weighted by Gasteiger charge is 2.16. The molecule has 0 atom stereocenters. The monoisotopic (exact) mass is 385 g/mol. The maximum absolute atomic E-state index is 4.69. The Kier molecular flexibility index (Phi) is 7.63. The maximum Gasteiger partial charge on any atom is 0.0705 e. The molecule has 0 aliphatic carbocycles. The molecule has 1 nitrogen and oxygen atoms in total. The fraction of sp³-hybridized carbons (Fsp3) is 0.393. The topological polar surface area (TPSA) is 12.9 Å². The zero-order valence-electron chi connectivity index (χ0n) is 18.5. The van der Waals surface area contributed by atoms with Crippen molar-refractivity contribution in [3.63, 3.8) is 0 Å². The third kappa shape index (κ3) is 5.15. The molecule has 1 heterocycles. The van der Waals surface area contributed by atoms with Gasteiger partial charge >= 0.3 is 0 Å². The van der Waals surface area contributed by atoms with E-state index in [4.69, 9.17) is 0 Å². The van der Waals surface area contributed by atoms with Crippen molar-refractivity contribution >= 4 is 0 Å². The molecule has 0 radical (unpaired) electrons. The highest BCUT2D eigenvalue weighted by molar-refractivity contribution is 5.76. The number of hydrogen-bond acceptors (Lipinski definition) is 1. The first-order chi connectivity index (χ1) is 14.2. The van der Waals surface area contributed by atoms with Crippen LogP contribution < -0.4 is 0 Å². The SMILES string of the molecule is CCCCCc1ccc(C)c(-c2ccc(C(CC)CC)c(-c3ccccn3)c2)c1. The van der Waals surface area contributed by atoms with Gasteiger partial charge in [0.05, 0.1) is 5.69 Å². The van der Waals surface area contributed by atoms with E-state index >= 15 is 0 Å². The molecule has 1 heteroatoms. The van der Waals surface area contributed by atoms with Crippen LogP contribution in [0.1, 0.15) is 75.5 Å². The summed E-state index contributed by atoms with van der Waals surface area (Å²) in [6.45, 7) is 9.06. The second-order valence-electron chi connectivity index (χ2n) is 8.14. The molecule has 0 spiro atoms. The van der Waals surface area contributed by atoms with Crippen molar-refractivity contribution in [1.29, 1.82) is 0 Å². The fourth-order valence-electron chi connectivity index (χ4n) is 4.27. The van der Waals surface area contributed by atoms with Crippen molar-refractivity contribution < 1.29 is 0 Å². The average molecular weight is 386 g/mol. The van der Waals surface area contributed by atoms with Gasteiger partial charge in [0.15, 0.2) is 0 Å². The Labute approximate surface area is 177 Å². The van der Waals surface area contributed by atoms with E-state index < -0.39 is 0 Å². The highest BCUT2D eigenvalue weighted by atomic mass is 14.7. The number of pyridine rings is 1. The second kappa shape index (κ2) is 10.4. The van der Waals surface area contributed by atoms with Gasteiger partial charge in [0.25, 0.3) is 0 Å². The van der Waals surface area contributed by atoms with Gasteiger partial charge in [0, 0.05) is 11.8 Å².